The Bertz CT molecular complexity index is 214. The topological polar surface area (TPSA) is 44.8 Å². The van der Waals surface area contributed by atoms with E-state index in [0.29, 0.717) is 6.54 Å². The van der Waals surface area contributed by atoms with Gasteiger partial charge in [-0.1, -0.05) is 13.8 Å². The summed E-state index contributed by atoms with van der Waals surface area (Å²) in [5, 5.41) is 2.76. The van der Waals surface area contributed by atoms with Crippen LogP contribution in [0.2, 0.25) is 0 Å². The number of carbonyl (C=O) groups is 1. The Morgan fingerprint density at radius 1 is 1.22 bits per heavy atom. The van der Waals surface area contributed by atoms with Gasteiger partial charge in [0, 0.05) is 39.3 Å². The molecule has 1 saturated heterocycles. The van der Waals surface area contributed by atoms with Crippen molar-refractivity contribution >= 4 is 6.09 Å². The SMILES string of the molecule is CC.CC(C)OC(=O)NCCN1CCN(C)CC1. The lowest BCUT2D eigenvalue weighted by molar-refractivity contribution is 0.112. The van der Waals surface area contributed by atoms with Crippen molar-refractivity contribution in [2.45, 2.75) is 33.8 Å². The van der Waals surface area contributed by atoms with E-state index in [1.165, 1.54) is 0 Å². The normalized spacial score (nSPS) is 17.0. The van der Waals surface area contributed by atoms with E-state index in [1.807, 2.05) is 27.7 Å². The summed E-state index contributed by atoms with van der Waals surface area (Å²) in [5.74, 6) is 0. The summed E-state index contributed by atoms with van der Waals surface area (Å²) in [7, 11) is 2.13. The molecule has 1 aliphatic rings. The van der Waals surface area contributed by atoms with Crippen LogP contribution in [-0.4, -0.2) is 68.3 Å². The van der Waals surface area contributed by atoms with Crippen LogP contribution < -0.4 is 5.32 Å². The first-order valence-corrected chi connectivity index (χ1v) is 6.93. The van der Waals surface area contributed by atoms with Crippen LogP contribution in [0.25, 0.3) is 0 Å². The zero-order valence-electron chi connectivity index (χ0n) is 12.5. The molecule has 5 heteroatoms. The first kappa shape index (κ1) is 17.2. The van der Waals surface area contributed by atoms with Crippen LogP contribution in [0.4, 0.5) is 4.79 Å². The quantitative estimate of drug-likeness (QED) is 0.829. The fourth-order valence-electron chi connectivity index (χ4n) is 1.64. The Kier molecular flexibility index (Phi) is 9.69. The second kappa shape index (κ2) is 10.1. The number of rotatable bonds is 4. The molecule has 1 fully saturated rings. The summed E-state index contributed by atoms with van der Waals surface area (Å²) in [6, 6.07) is 0. The molecule has 5 nitrogen and oxygen atoms in total. The van der Waals surface area contributed by atoms with Gasteiger partial charge in [0.2, 0.25) is 0 Å². The van der Waals surface area contributed by atoms with E-state index >= 15 is 0 Å². The van der Waals surface area contributed by atoms with E-state index in [0.717, 1.165) is 32.7 Å². The first-order valence-electron chi connectivity index (χ1n) is 6.93. The number of hydrogen-bond donors (Lipinski definition) is 1. The summed E-state index contributed by atoms with van der Waals surface area (Å²) in [5.41, 5.74) is 0. The number of nitrogens with one attached hydrogen (secondary N) is 1. The zero-order chi connectivity index (χ0) is 14.0. The minimum absolute atomic E-state index is 0.0522. The van der Waals surface area contributed by atoms with Crippen molar-refractivity contribution in [3.05, 3.63) is 0 Å². The van der Waals surface area contributed by atoms with E-state index in [2.05, 4.69) is 22.2 Å². The van der Waals surface area contributed by atoms with Gasteiger partial charge in [-0.2, -0.15) is 0 Å². The minimum atomic E-state index is -0.316. The molecule has 18 heavy (non-hydrogen) atoms. The predicted octanol–water partition coefficient (Wildman–Crippen LogP) is 1.39. The second-order valence-electron chi connectivity index (χ2n) is 4.53. The number of alkyl carbamates (subject to hydrolysis) is 1. The smallest absolute Gasteiger partial charge is 0.407 e. The van der Waals surface area contributed by atoms with Gasteiger partial charge in [-0.25, -0.2) is 4.79 Å². The molecule has 0 spiro atoms. The Hall–Kier alpha value is -0.810. The van der Waals surface area contributed by atoms with Crippen molar-refractivity contribution in [2.24, 2.45) is 0 Å². The Morgan fingerprint density at radius 2 is 1.78 bits per heavy atom. The third-order valence-electron chi connectivity index (χ3n) is 2.64. The number of ether oxygens (including phenoxy) is 1. The maximum Gasteiger partial charge on any atom is 0.407 e. The fraction of sp³-hybridized carbons (Fsp3) is 0.923. The minimum Gasteiger partial charge on any atom is -0.447 e. The molecule has 1 heterocycles. The fourth-order valence-corrected chi connectivity index (χ4v) is 1.64. The summed E-state index contributed by atoms with van der Waals surface area (Å²) >= 11 is 0. The lowest BCUT2D eigenvalue weighted by atomic mass is 10.3. The van der Waals surface area contributed by atoms with Crippen LogP contribution >= 0.6 is 0 Å². The van der Waals surface area contributed by atoms with Gasteiger partial charge in [0.15, 0.2) is 0 Å². The second-order valence-corrected chi connectivity index (χ2v) is 4.53. The van der Waals surface area contributed by atoms with Crippen LogP contribution in [0.1, 0.15) is 27.7 Å². The summed E-state index contributed by atoms with van der Waals surface area (Å²) in [6.45, 7) is 13.6. The van der Waals surface area contributed by atoms with E-state index in [9.17, 15) is 4.79 Å². The number of likely N-dealkylation sites (N-methyl/N-ethyl adjacent to an activating group) is 1. The molecule has 1 N–H and O–H groups in total. The molecule has 1 aliphatic heterocycles. The highest BCUT2D eigenvalue weighted by Gasteiger charge is 2.13. The summed E-state index contributed by atoms with van der Waals surface area (Å²) in [4.78, 5) is 15.9. The lowest BCUT2D eigenvalue weighted by Gasteiger charge is -2.32. The van der Waals surface area contributed by atoms with Gasteiger partial charge in [-0.15, -0.1) is 0 Å². The molecule has 0 aromatic heterocycles. The molecule has 0 aromatic carbocycles. The molecule has 0 bridgehead atoms. The molecule has 0 atom stereocenters. The lowest BCUT2D eigenvalue weighted by Crippen LogP contribution is -2.47. The monoisotopic (exact) mass is 259 g/mol. The average Bonchev–Trinajstić information content (AvgIpc) is 2.33. The molecule has 0 unspecified atom stereocenters. The highest BCUT2D eigenvalue weighted by atomic mass is 16.6. The maximum atomic E-state index is 11.2. The van der Waals surface area contributed by atoms with Crippen LogP contribution in [-0.2, 0) is 4.74 Å². The van der Waals surface area contributed by atoms with Gasteiger partial charge in [-0.3, -0.25) is 4.90 Å². The van der Waals surface area contributed by atoms with E-state index in [-0.39, 0.29) is 12.2 Å². The molecular formula is C13H29N3O2. The largest absolute Gasteiger partial charge is 0.447 e. The number of amides is 1. The first-order chi connectivity index (χ1) is 8.58. The van der Waals surface area contributed by atoms with Gasteiger partial charge in [-0.05, 0) is 20.9 Å². The van der Waals surface area contributed by atoms with Gasteiger partial charge >= 0.3 is 6.09 Å². The van der Waals surface area contributed by atoms with Crippen molar-refractivity contribution in [1.29, 1.82) is 0 Å². The number of piperazine rings is 1. The van der Waals surface area contributed by atoms with Gasteiger partial charge in [0.1, 0.15) is 0 Å². The third kappa shape index (κ3) is 8.31. The molecular weight excluding hydrogens is 230 g/mol. The molecule has 0 radical (unpaired) electrons. The number of hydrogen-bond acceptors (Lipinski definition) is 4. The van der Waals surface area contributed by atoms with Crippen molar-refractivity contribution in [3.8, 4) is 0 Å². The number of nitrogens with zero attached hydrogens (tertiary/aromatic N) is 2. The Morgan fingerprint density at radius 3 is 2.28 bits per heavy atom. The van der Waals surface area contributed by atoms with Crippen LogP contribution in [0.3, 0.4) is 0 Å². The van der Waals surface area contributed by atoms with Crippen molar-refractivity contribution in [3.63, 3.8) is 0 Å². The molecule has 1 rings (SSSR count). The molecule has 0 aliphatic carbocycles. The van der Waals surface area contributed by atoms with E-state index < -0.39 is 0 Å². The Balaban J connectivity index is 0.00000137. The molecule has 0 saturated carbocycles. The van der Waals surface area contributed by atoms with E-state index in [1.54, 1.807) is 0 Å². The number of carbonyl (C=O) groups excluding carboxylic acids is 1. The summed E-state index contributed by atoms with van der Waals surface area (Å²) < 4.78 is 4.98. The van der Waals surface area contributed by atoms with Gasteiger partial charge < -0.3 is 15.0 Å². The molecule has 1 amide bonds. The van der Waals surface area contributed by atoms with Crippen LogP contribution in [0.15, 0.2) is 0 Å². The van der Waals surface area contributed by atoms with Gasteiger partial charge in [0.05, 0.1) is 6.10 Å². The van der Waals surface area contributed by atoms with Crippen molar-refractivity contribution < 1.29 is 9.53 Å². The molecule has 108 valence electrons. The summed E-state index contributed by atoms with van der Waals surface area (Å²) in [6.07, 6.45) is -0.368. The van der Waals surface area contributed by atoms with Crippen molar-refractivity contribution in [2.75, 3.05) is 46.3 Å². The van der Waals surface area contributed by atoms with Crippen molar-refractivity contribution in [1.82, 2.24) is 15.1 Å². The highest BCUT2D eigenvalue weighted by molar-refractivity contribution is 5.67. The third-order valence-corrected chi connectivity index (χ3v) is 2.64. The van der Waals surface area contributed by atoms with Crippen LogP contribution in [0.5, 0.6) is 0 Å². The highest BCUT2D eigenvalue weighted by Crippen LogP contribution is 1.97. The van der Waals surface area contributed by atoms with Gasteiger partial charge in [0.25, 0.3) is 0 Å². The van der Waals surface area contributed by atoms with E-state index in [4.69, 9.17) is 4.74 Å². The zero-order valence-corrected chi connectivity index (χ0v) is 12.5. The average molecular weight is 259 g/mol. The predicted molar refractivity (Wildman–Crippen MR) is 74.9 cm³/mol. The maximum absolute atomic E-state index is 11.2. The molecule has 0 aromatic rings. The standard InChI is InChI=1S/C11H23N3O2.C2H6/c1-10(2)16-11(15)12-4-5-14-8-6-13(3)7-9-14;1-2/h10H,4-9H2,1-3H3,(H,12,15);1-2H3. The Labute approximate surface area is 111 Å². The van der Waals surface area contributed by atoms with Crippen LogP contribution in [0, 0.1) is 0 Å².